The van der Waals surface area contributed by atoms with E-state index in [1.807, 2.05) is 24.3 Å². The number of carbonyl (C=O) groups excluding carboxylic acids is 1. The Labute approximate surface area is 122 Å². The monoisotopic (exact) mass is 286 g/mol. The lowest BCUT2D eigenvalue weighted by Crippen LogP contribution is -2.39. The Morgan fingerprint density at radius 1 is 1.33 bits per heavy atom. The van der Waals surface area contributed by atoms with Gasteiger partial charge in [0, 0.05) is 23.2 Å². The van der Waals surface area contributed by atoms with Crippen LogP contribution in [0.1, 0.15) is 24.8 Å². The third-order valence-electron chi connectivity index (χ3n) is 4.03. The predicted octanol–water partition coefficient (Wildman–Crippen LogP) is 1.10. The quantitative estimate of drug-likeness (QED) is 0.770. The number of H-pyrrole nitrogens is 1. The first kappa shape index (κ1) is 13.8. The molecule has 110 valence electrons. The molecular formula is C16H18N2O3. The minimum atomic E-state index is -0.241. The lowest BCUT2D eigenvalue weighted by Gasteiger charge is -2.15. The summed E-state index contributed by atoms with van der Waals surface area (Å²) in [5, 5.41) is 12.9. The zero-order valence-corrected chi connectivity index (χ0v) is 11.7. The molecule has 0 saturated heterocycles. The smallest absolute Gasteiger partial charge is 0.252 e. The molecule has 2 aromatic rings. The number of aliphatic hydroxyl groups excluding tert-OH is 1. The topological polar surface area (TPSA) is 82.2 Å². The molecule has 1 heterocycles. The zero-order chi connectivity index (χ0) is 14.9. The molecule has 0 radical (unpaired) electrons. The molecule has 0 spiro atoms. The number of aromatic nitrogens is 1. The third-order valence-corrected chi connectivity index (χ3v) is 4.03. The summed E-state index contributed by atoms with van der Waals surface area (Å²) in [7, 11) is 0. The number of rotatable bonds is 5. The van der Waals surface area contributed by atoms with Gasteiger partial charge in [-0.05, 0) is 36.8 Å². The number of aliphatic hydroxyl groups is 1. The Kier molecular flexibility index (Phi) is 3.51. The van der Waals surface area contributed by atoms with E-state index in [4.69, 9.17) is 5.11 Å². The maximum absolute atomic E-state index is 12.1. The van der Waals surface area contributed by atoms with Crippen molar-refractivity contribution >= 4 is 16.8 Å². The van der Waals surface area contributed by atoms with Crippen LogP contribution in [0, 0.1) is 0 Å². The van der Waals surface area contributed by atoms with Gasteiger partial charge >= 0.3 is 0 Å². The van der Waals surface area contributed by atoms with Crippen molar-refractivity contribution in [3.63, 3.8) is 0 Å². The number of para-hydroxylation sites is 1. The first-order valence-electron chi connectivity index (χ1n) is 7.15. The van der Waals surface area contributed by atoms with Gasteiger partial charge in [0.2, 0.25) is 5.91 Å². The van der Waals surface area contributed by atoms with Crippen molar-refractivity contribution < 1.29 is 9.90 Å². The van der Waals surface area contributed by atoms with E-state index < -0.39 is 0 Å². The standard InChI is InChI=1S/C16H18N2O3/c19-8-7-16(5-6-16)18-14(20)10-12-9-11-3-1-2-4-13(11)17-15(12)21/h1-4,9,19H,5-8,10H2,(H,17,21)(H,18,20). The first-order valence-corrected chi connectivity index (χ1v) is 7.15. The number of pyridine rings is 1. The highest BCUT2D eigenvalue weighted by Gasteiger charge is 2.43. The van der Waals surface area contributed by atoms with Gasteiger partial charge in [0.05, 0.1) is 6.42 Å². The molecule has 1 aliphatic rings. The van der Waals surface area contributed by atoms with Crippen LogP contribution in [0.3, 0.4) is 0 Å². The molecule has 1 saturated carbocycles. The molecule has 5 nitrogen and oxygen atoms in total. The van der Waals surface area contributed by atoms with Crippen molar-refractivity contribution in [3.05, 3.63) is 46.2 Å². The van der Waals surface area contributed by atoms with Crippen LogP contribution in [-0.2, 0) is 11.2 Å². The van der Waals surface area contributed by atoms with Crippen molar-refractivity contribution in [2.24, 2.45) is 0 Å². The predicted molar refractivity (Wildman–Crippen MR) is 80.1 cm³/mol. The van der Waals surface area contributed by atoms with E-state index in [9.17, 15) is 9.59 Å². The highest BCUT2D eigenvalue weighted by atomic mass is 16.3. The molecule has 3 rings (SSSR count). The fourth-order valence-electron chi connectivity index (χ4n) is 2.64. The van der Waals surface area contributed by atoms with Crippen molar-refractivity contribution in [2.45, 2.75) is 31.2 Å². The molecule has 1 aliphatic carbocycles. The lowest BCUT2D eigenvalue weighted by atomic mass is 10.1. The van der Waals surface area contributed by atoms with Crippen LogP contribution < -0.4 is 10.9 Å². The van der Waals surface area contributed by atoms with E-state index in [0.717, 1.165) is 23.7 Å². The summed E-state index contributed by atoms with van der Waals surface area (Å²) < 4.78 is 0. The average Bonchev–Trinajstić information content (AvgIpc) is 3.19. The van der Waals surface area contributed by atoms with Crippen molar-refractivity contribution in [1.82, 2.24) is 10.3 Å². The van der Waals surface area contributed by atoms with E-state index in [-0.39, 0.29) is 30.0 Å². The van der Waals surface area contributed by atoms with E-state index >= 15 is 0 Å². The van der Waals surface area contributed by atoms with Gasteiger partial charge in [0.15, 0.2) is 0 Å². The Balaban J connectivity index is 1.77. The minimum Gasteiger partial charge on any atom is -0.396 e. The second-order valence-electron chi connectivity index (χ2n) is 5.69. The molecule has 0 aliphatic heterocycles. The Morgan fingerprint density at radius 3 is 2.81 bits per heavy atom. The highest BCUT2D eigenvalue weighted by Crippen LogP contribution is 2.38. The molecule has 21 heavy (non-hydrogen) atoms. The molecule has 1 fully saturated rings. The number of fused-ring (bicyclic) bond motifs is 1. The van der Waals surface area contributed by atoms with E-state index in [2.05, 4.69) is 10.3 Å². The van der Waals surface area contributed by atoms with E-state index in [1.54, 1.807) is 6.07 Å². The molecule has 0 atom stereocenters. The minimum absolute atomic E-state index is 0.0628. The summed E-state index contributed by atoms with van der Waals surface area (Å²) >= 11 is 0. The highest BCUT2D eigenvalue weighted by molar-refractivity contribution is 5.83. The number of nitrogens with one attached hydrogen (secondary N) is 2. The summed E-state index contributed by atoms with van der Waals surface area (Å²) in [5.74, 6) is -0.165. The maximum atomic E-state index is 12.1. The summed E-state index contributed by atoms with van der Waals surface area (Å²) in [6, 6.07) is 9.25. The van der Waals surface area contributed by atoms with Crippen LogP contribution in [0.2, 0.25) is 0 Å². The van der Waals surface area contributed by atoms with Crippen LogP contribution in [0.15, 0.2) is 35.1 Å². The number of hydrogen-bond donors (Lipinski definition) is 3. The molecule has 0 bridgehead atoms. The first-order chi connectivity index (χ1) is 10.1. The summed E-state index contributed by atoms with van der Waals surface area (Å²) in [4.78, 5) is 26.9. The van der Waals surface area contributed by atoms with Gasteiger partial charge in [-0.2, -0.15) is 0 Å². The van der Waals surface area contributed by atoms with Gasteiger partial charge in [0.1, 0.15) is 0 Å². The van der Waals surface area contributed by atoms with E-state index in [0.29, 0.717) is 12.0 Å². The summed E-state index contributed by atoms with van der Waals surface area (Å²) in [5.41, 5.74) is 0.766. The van der Waals surface area contributed by atoms with Crippen molar-refractivity contribution in [1.29, 1.82) is 0 Å². The number of hydrogen-bond acceptors (Lipinski definition) is 3. The van der Waals surface area contributed by atoms with Gasteiger partial charge in [0.25, 0.3) is 5.56 Å². The Bertz CT molecular complexity index is 732. The second-order valence-corrected chi connectivity index (χ2v) is 5.69. The lowest BCUT2D eigenvalue weighted by molar-refractivity contribution is -0.121. The normalized spacial score (nSPS) is 15.9. The molecular weight excluding hydrogens is 268 g/mol. The van der Waals surface area contributed by atoms with Crippen molar-refractivity contribution in [2.75, 3.05) is 6.61 Å². The third kappa shape index (κ3) is 2.97. The Morgan fingerprint density at radius 2 is 2.10 bits per heavy atom. The number of carbonyl (C=O) groups is 1. The zero-order valence-electron chi connectivity index (χ0n) is 11.7. The largest absolute Gasteiger partial charge is 0.396 e. The SMILES string of the molecule is O=C(Cc1cc2ccccc2[nH]c1=O)NC1(CCO)CC1. The number of benzene rings is 1. The number of amides is 1. The van der Waals surface area contributed by atoms with Gasteiger partial charge in [-0.1, -0.05) is 18.2 Å². The number of aromatic amines is 1. The molecule has 1 aromatic heterocycles. The molecule has 1 aromatic carbocycles. The fraction of sp³-hybridized carbons (Fsp3) is 0.375. The van der Waals surface area contributed by atoms with Crippen LogP contribution in [0.4, 0.5) is 0 Å². The van der Waals surface area contributed by atoms with Crippen LogP contribution in [0.5, 0.6) is 0 Å². The molecule has 3 N–H and O–H groups in total. The van der Waals surface area contributed by atoms with Crippen LogP contribution >= 0.6 is 0 Å². The van der Waals surface area contributed by atoms with Gasteiger partial charge in [-0.25, -0.2) is 0 Å². The van der Waals surface area contributed by atoms with Gasteiger partial charge in [-0.3, -0.25) is 9.59 Å². The molecule has 5 heteroatoms. The Hall–Kier alpha value is -2.14. The van der Waals surface area contributed by atoms with Crippen LogP contribution in [-0.4, -0.2) is 28.1 Å². The van der Waals surface area contributed by atoms with Crippen LogP contribution in [0.25, 0.3) is 10.9 Å². The molecule has 0 unspecified atom stereocenters. The summed E-state index contributed by atoms with van der Waals surface area (Å²) in [6.07, 6.45) is 2.43. The second kappa shape index (κ2) is 5.33. The fourth-order valence-corrected chi connectivity index (χ4v) is 2.64. The molecule has 1 amide bonds. The van der Waals surface area contributed by atoms with E-state index in [1.165, 1.54) is 0 Å². The average molecular weight is 286 g/mol. The van der Waals surface area contributed by atoms with Crippen molar-refractivity contribution in [3.8, 4) is 0 Å². The van der Waals surface area contributed by atoms with Gasteiger partial charge < -0.3 is 15.4 Å². The van der Waals surface area contributed by atoms with Gasteiger partial charge in [-0.15, -0.1) is 0 Å². The summed E-state index contributed by atoms with van der Waals surface area (Å²) in [6.45, 7) is 0.0663. The maximum Gasteiger partial charge on any atom is 0.252 e.